The summed E-state index contributed by atoms with van der Waals surface area (Å²) in [6, 6.07) is 8.44. The predicted octanol–water partition coefficient (Wildman–Crippen LogP) is 5.05. The summed E-state index contributed by atoms with van der Waals surface area (Å²) in [6.45, 7) is 6.68. The topological polar surface area (TPSA) is 9.23 Å². The zero-order chi connectivity index (χ0) is 13.2. The van der Waals surface area contributed by atoms with Gasteiger partial charge >= 0.3 is 123 Å². The van der Waals surface area contributed by atoms with Gasteiger partial charge in [0.2, 0.25) is 0 Å². The van der Waals surface area contributed by atoms with Crippen LogP contribution in [-0.4, -0.2) is 8.32 Å². The maximum atomic E-state index is 6.17. The summed E-state index contributed by atoms with van der Waals surface area (Å²) >= 11 is 2.22. The smallest absolute Gasteiger partial charge is 0.147 e. The van der Waals surface area contributed by atoms with Gasteiger partial charge in [0.15, 0.2) is 0 Å². The van der Waals surface area contributed by atoms with E-state index in [0.29, 0.717) is 0 Å². The van der Waals surface area contributed by atoms with Gasteiger partial charge in [-0.2, -0.15) is 0 Å². The molecular weight excluding hydrogens is 343 g/mol. The third kappa shape index (κ3) is 5.79. The minimum absolute atomic E-state index is 0. The maximum absolute atomic E-state index is 6.17. The molecule has 0 saturated heterocycles. The second kappa shape index (κ2) is 8.45. The van der Waals surface area contributed by atoms with Crippen LogP contribution in [0.3, 0.4) is 0 Å². The van der Waals surface area contributed by atoms with Crippen LogP contribution in [0.1, 0.15) is 12.0 Å². The first-order valence-corrected chi connectivity index (χ1v) is 10.5. The molecule has 1 aromatic rings. The number of rotatable bonds is 4. The predicted molar refractivity (Wildman–Crippen MR) is 89.4 cm³/mol. The van der Waals surface area contributed by atoms with Crippen molar-refractivity contribution in [2.75, 3.05) is 0 Å². The van der Waals surface area contributed by atoms with Gasteiger partial charge in [-0.1, -0.05) is 0 Å². The molecule has 1 aromatic carbocycles. The molecule has 0 heterocycles. The van der Waals surface area contributed by atoms with Crippen LogP contribution in [-0.2, 0) is 26.9 Å². The van der Waals surface area contributed by atoms with Crippen molar-refractivity contribution in [3.63, 3.8) is 0 Å². The number of allylic oxidation sites excluding steroid dienone is 4. The summed E-state index contributed by atoms with van der Waals surface area (Å²) in [6.07, 6.45) is 6.59. The molecule has 0 spiro atoms. The minimum Gasteiger partial charge on any atom is -0.147 e. The van der Waals surface area contributed by atoms with E-state index in [1.807, 2.05) is 0 Å². The van der Waals surface area contributed by atoms with E-state index in [1.54, 1.807) is 0 Å². The van der Waals surface area contributed by atoms with Gasteiger partial charge < -0.3 is 0 Å². The molecular formula is C15H21Cl2OSiTi. The van der Waals surface area contributed by atoms with Crippen LogP contribution in [0.4, 0.5) is 0 Å². The molecule has 5 heteroatoms. The fourth-order valence-electron chi connectivity index (χ4n) is 2.00. The van der Waals surface area contributed by atoms with E-state index in [0.717, 1.165) is 18.6 Å². The molecule has 0 bridgehead atoms. The second-order valence-electron chi connectivity index (χ2n) is 5.61. The van der Waals surface area contributed by atoms with Crippen molar-refractivity contribution in [2.45, 2.75) is 32.5 Å². The first-order chi connectivity index (χ1) is 8.46. The van der Waals surface area contributed by atoms with Crippen molar-refractivity contribution < 1.29 is 24.9 Å². The van der Waals surface area contributed by atoms with Gasteiger partial charge in [0.1, 0.15) is 0 Å². The number of hydrogen-bond donors (Lipinski definition) is 0. The van der Waals surface area contributed by atoms with E-state index >= 15 is 0 Å². The number of para-hydroxylation sites is 1. The summed E-state index contributed by atoms with van der Waals surface area (Å²) in [5.41, 5.74) is 2.75. The van der Waals surface area contributed by atoms with E-state index in [1.165, 1.54) is 15.0 Å². The van der Waals surface area contributed by atoms with Crippen LogP contribution in [0, 0.1) is 0 Å². The van der Waals surface area contributed by atoms with Crippen molar-refractivity contribution in [3.8, 4) is 5.75 Å². The molecule has 2 rings (SSSR count). The fraction of sp³-hybridized carbons (Fsp3) is 0.333. The van der Waals surface area contributed by atoms with Crippen LogP contribution in [0.2, 0.25) is 19.6 Å². The van der Waals surface area contributed by atoms with Gasteiger partial charge in [-0.15, -0.1) is 24.8 Å². The Bertz CT molecular complexity index is 507. The van der Waals surface area contributed by atoms with Crippen molar-refractivity contribution in [1.82, 2.24) is 0 Å². The molecule has 1 aliphatic rings. The molecule has 0 saturated carbocycles. The molecule has 0 fully saturated rings. The van der Waals surface area contributed by atoms with Crippen LogP contribution in [0.15, 0.2) is 45.9 Å². The van der Waals surface area contributed by atoms with Gasteiger partial charge in [-0.05, 0) is 0 Å². The zero-order valence-electron chi connectivity index (χ0n) is 12.1. The van der Waals surface area contributed by atoms with Crippen LogP contribution in [0.5, 0.6) is 5.75 Å². The Morgan fingerprint density at radius 1 is 1.15 bits per heavy atom. The Morgan fingerprint density at radius 3 is 2.35 bits per heavy atom. The zero-order valence-corrected chi connectivity index (χ0v) is 16.3. The van der Waals surface area contributed by atoms with Crippen LogP contribution in [0.25, 0.3) is 0 Å². The third-order valence-corrected chi connectivity index (χ3v) is 4.45. The van der Waals surface area contributed by atoms with Gasteiger partial charge in [0.25, 0.3) is 0 Å². The van der Waals surface area contributed by atoms with Gasteiger partial charge in [-0.25, -0.2) is 0 Å². The molecule has 0 aliphatic heterocycles. The standard InChI is InChI=1S/C15H19OSi.2ClH.Ti/c1-17(2,3)16-15-11-7-6-10-14(15)12-13-8-4-5-9-13;;;/h4,6-8,10-11H,5,12H2,1-3H3;2*1H;. The molecule has 1 aliphatic carbocycles. The second-order valence-corrected chi connectivity index (χ2v) is 11.0. The molecule has 20 heavy (non-hydrogen) atoms. The Labute approximate surface area is 147 Å². The van der Waals surface area contributed by atoms with E-state index in [-0.39, 0.29) is 24.8 Å². The van der Waals surface area contributed by atoms with Crippen LogP contribution >= 0.6 is 24.8 Å². The van der Waals surface area contributed by atoms with Crippen LogP contribution < -0.4 is 4.43 Å². The van der Waals surface area contributed by atoms with E-state index in [2.05, 4.69) is 76.5 Å². The summed E-state index contributed by atoms with van der Waals surface area (Å²) in [7, 11) is -1.54. The Hall–Kier alpha value is 0.0112. The molecule has 0 atom stereocenters. The van der Waals surface area contributed by atoms with Gasteiger partial charge in [0, 0.05) is 0 Å². The van der Waals surface area contributed by atoms with E-state index < -0.39 is 8.32 Å². The average molecular weight is 364 g/mol. The molecule has 109 valence electrons. The van der Waals surface area contributed by atoms with E-state index in [9.17, 15) is 0 Å². The number of hydrogen-bond acceptors (Lipinski definition) is 1. The molecule has 0 N–H and O–H groups in total. The summed E-state index contributed by atoms with van der Waals surface area (Å²) < 4.78 is 7.65. The molecule has 1 nitrogen and oxygen atoms in total. The van der Waals surface area contributed by atoms with Gasteiger partial charge in [-0.3, -0.25) is 0 Å². The minimum atomic E-state index is -1.54. The Kier molecular flexibility index (Phi) is 8.46. The maximum Gasteiger partial charge on any atom is -0.147 e. The largest absolute Gasteiger partial charge is 0.147 e. The number of benzene rings is 1. The quantitative estimate of drug-likeness (QED) is 0.680. The van der Waals surface area contributed by atoms with Crippen molar-refractivity contribution in [2.24, 2.45) is 0 Å². The molecule has 0 amide bonds. The first kappa shape index (κ1) is 20.0. The van der Waals surface area contributed by atoms with Gasteiger partial charge in [0.05, 0.1) is 0 Å². The summed E-state index contributed by atoms with van der Waals surface area (Å²) in [4.78, 5) is 0. The first-order valence-electron chi connectivity index (χ1n) is 6.33. The normalized spacial score (nSPS) is 13.7. The third-order valence-electron chi connectivity index (χ3n) is 2.80. The average Bonchev–Trinajstić information content (AvgIpc) is 2.65. The Morgan fingerprint density at radius 2 is 1.80 bits per heavy atom. The molecule has 0 radical (unpaired) electrons. The van der Waals surface area contributed by atoms with Crippen molar-refractivity contribution >= 4 is 33.1 Å². The molecule has 0 aromatic heterocycles. The summed E-state index contributed by atoms with van der Waals surface area (Å²) in [5.74, 6) is 1.07. The Balaban J connectivity index is 0.00000180. The van der Waals surface area contributed by atoms with Crippen molar-refractivity contribution in [3.05, 3.63) is 51.4 Å². The SMILES string of the molecule is C[Si](C)(C)Oc1ccccc1CC1=[C]([Ti])CC=C1.Cl.Cl. The monoisotopic (exact) mass is 363 g/mol. The van der Waals surface area contributed by atoms with Crippen molar-refractivity contribution in [1.29, 1.82) is 0 Å². The van der Waals surface area contributed by atoms with E-state index in [4.69, 9.17) is 4.43 Å². The summed E-state index contributed by atoms with van der Waals surface area (Å²) in [5, 5.41) is 0. The fourth-order valence-corrected chi connectivity index (χ4v) is 3.31. The number of halogens is 2. The molecule has 0 unspecified atom stereocenters.